The Balaban J connectivity index is 1.33. The largest absolute Gasteiger partial charge is 0.492 e. The second-order valence-electron chi connectivity index (χ2n) is 10.5. The first-order chi connectivity index (χ1) is 18.4. The summed E-state index contributed by atoms with van der Waals surface area (Å²) in [7, 11) is 2.77. The molecule has 0 saturated carbocycles. The third-order valence-corrected chi connectivity index (χ3v) is 9.44. The number of nitrogens with one attached hydrogen (secondary N) is 2. The van der Waals surface area contributed by atoms with Crippen molar-refractivity contribution in [1.29, 1.82) is 0 Å². The number of aromatic nitrogens is 2. The predicted octanol–water partition coefficient (Wildman–Crippen LogP) is 0.581. The predicted molar refractivity (Wildman–Crippen MR) is 145 cm³/mol. The Kier molecular flexibility index (Phi) is 7.06. The van der Waals surface area contributed by atoms with Crippen molar-refractivity contribution in [1.82, 2.24) is 19.0 Å². The van der Waals surface area contributed by atoms with Gasteiger partial charge in [0.25, 0.3) is 15.8 Å². The van der Waals surface area contributed by atoms with Crippen molar-refractivity contribution in [2.24, 2.45) is 0 Å². The second kappa shape index (κ2) is 10.1. The molecule has 4 heterocycles. The van der Waals surface area contributed by atoms with Crippen LogP contribution < -0.4 is 29.7 Å². The molecule has 1 fully saturated rings. The number of anilines is 3. The van der Waals surface area contributed by atoms with Crippen LogP contribution in [0.15, 0.2) is 16.9 Å². The number of nitrogens with zero attached hydrogens (tertiary/aromatic N) is 5. The fraction of sp³-hybridized carbons (Fsp3) is 0.560. The number of ether oxygens (including phenoxy) is 1. The molecule has 2 aromatic rings. The fourth-order valence-electron chi connectivity index (χ4n) is 5.72. The van der Waals surface area contributed by atoms with E-state index in [0.29, 0.717) is 60.9 Å². The molecule has 1 aromatic carbocycles. The molecule has 3 aliphatic rings. The molecular formula is C25H34FN7O5S. The Morgan fingerprint density at radius 2 is 1.90 bits per heavy atom. The van der Waals surface area contributed by atoms with Crippen molar-refractivity contribution < 1.29 is 22.3 Å². The quantitative estimate of drug-likeness (QED) is 0.468. The van der Waals surface area contributed by atoms with Gasteiger partial charge in [0, 0.05) is 72.1 Å². The molecule has 3 aliphatic heterocycles. The van der Waals surface area contributed by atoms with Gasteiger partial charge in [-0.05, 0) is 25.7 Å². The number of benzene rings is 1. The van der Waals surface area contributed by atoms with E-state index in [2.05, 4.69) is 9.71 Å². The third kappa shape index (κ3) is 4.74. The van der Waals surface area contributed by atoms with E-state index in [4.69, 9.17) is 9.72 Å². The van der Waals surface area contributed by atoms with Crippen LogP contribution in [0.4, 0.5) is 21.8 Å². The lowest BCUT2D eigenvalue weighted by molar-refractivity contribution is -0.123. The number of aromatic amines is 1. The van der Waals surface area contributed by atoms with E-state index in [1.807, 2.05) is 16.8 Å². The summed E-state index contributed by atoms with van der Waals surface area (Å²) >= 11 is 0. The molecule has 0 radical (unpaired) electrons. The zero-order valence-corrected chi connectivity index (χ0v) is 23.4. The number of piperidine rings is 1. The maximum Gasteiger partial charge on any atom is 0.279 e. The van der Waals surface area contributed by atoms with Gasteiger partial charge >= 0.3 is 0 Å². The number of hydrogen-bond acceptors (Lipinski definition) is 8. The Labute approximate surface area is 226 Å². The minimum absolute atomic E-state index is 0.00235. The fourth-order valence-corrected chi connectivity index (χ4v) is 6.32. The number of amides is 1. The summed E-state index contributed by atoms with van der Waals surface area (Å²) in [6.07, 6.45) is 2.33. The molecule has 12 nitrogen and oxygen atoms in total. The van der Waals surface area contributed by atoms with Crippen LogP contribution in [-0.2, 0) is 26.8 Å². The smallest absolute Gasteiger partial charge is 0.279 e. The molecule has 14 heteroatoms. The van der Waals surface area contributed by atoms with Gasteiger partial charge in [-0.15, -0.1) is 0 Å². The summed E-state index contributed by atoms with van der Waals surface area (Å²) in [5.41, 5.74) is 0.325. The van der Waals surface area contributed by atoms with E-state index in [1.165, 1.54) is 25.1 Å². The molecule has 1 amide bonds. The van der Waals surface area contributed by atoms with Gasteiger partial charge in [-0.25, -0.2) is 4.39 Å². The van der Waals surface area contributed by atoms with E-state index in [-0.39, 0.29) is 30.4 Å². The van der Waals surface area contributed by atoms with Gasteiger partial charge in [-0.3, -0.25) is 14.6 Å². The first-order valence-electron chi connectivity index (χ1n) is 13.0. The highest BCUT2D eigenvalue weighted by molar-refractivity contribution is 7.87. The van der Waals surface area contributed by atoms with Crippen LogP contribution >= 0.6 is 0 Å². The zero-order valence-electron chi connectivity index (χ0n) is 22.6. The van der Waals surface area contributed by atoms with Crippen molar-refractivity contribution in [2.75, 3.05) is 75.7 Å². The highest BCUT2D eigenvalue weighted by Crippen LogP contribution is 2.50. The second-order valence-corrected chi connectivity index (χ2v) is 12.4. The summed E-state index contributed by atoms with van der Waals surface area (Å²) in [4.78, 5) is 39.3. The molecule has 0 bridgehead atoms. The number of carbonyl (C=O) groups excluding carboxylic acids is 1. The SMILES string of the molecule is CN1CCCc2c1nc(N1CCC3(CC1)C(=O)N(C)c1cc(OCCNS(=O)(=O)N(C)C)cc(F)c13)[nH]c2=O. The average Bonchev–Trinajstić information content (AvgIpc) is 3.09. The van der Waals surface area contributed by atoms with Crippen molar-refractivity contribution in [3.8, 4) is 5.75 Å². The highest BCUT2D eigenvalue weighted by Gasteiger charge is 2.53. The minimum atomic E-state index is -3.59. The number of carbonyl (C=O) groups is 1. The molecule has 2 N–H and O–H groups in total. The van der Waals surface area contributed by atoms with Crippen LogP contribution in [0.3, 0.4) is 0 Å². The van der Waals surface area contributed by atoms with Crippen LogP contribution in [0, 0.1) is 5.82 Å². The molecule has 39 heavy (non-hydrogen) atoms. The molecule has 0 aliphatic carbocycles. The maximum atomic E-state index is 15.6. The van der Waals surface area contributed by atoms with Crippen LogP contribution in [0.1, 0.15) is 30.4 Å². The Morgan fingerprint density at radius 1 is 1.18 bits per heavy atom. The molecule has 1 spiro atoms. The summed E-state index contributed by atoms with van der Waals surface area (Å²) in [6.45, 7) is 1.68. The molecule has 0 atom stereocenters. The van der Waals surface area contributed by atoms with Gasteiger partial charge in [0.05, 0.1) is 16.7 Å². The zero-order chi connectivity index (χ0) is 28.1. The summed E-state index contributed by atoms with van der Waals surface area (Å²) < 4.78 is 48.3. The van der Waals surface area contributed by atoms with E-state index in [9.17, 15) is 18.0 Å². The van der Waals surface area contributed by atoms with Crippen LogP contribution in [0.5, 0.6) is 5.75 Å². The molecule has 1 saturated heterocycles. The Bertz CT molecular complexity index is 1450. The summed E-state index contributed by atoms with van der Waals surface area (Å²) in [5.74, 6) is 0.651. The van der Waals surface area contributed by atoms with Gasteiger partial charge in [-0.2, -0.15) is 22.4 Å². The number of fused-ring (bicyclic) bond motifs is 3. The lowest BCUT2D eigenvalue weighted by Gasteiger charge is -2.39. The normalized spacial score (nSPS) is 18.6. The Hall–Kier alpha value is -3.23. The van der Waals surface area contributed by atoms with Crippen LogP contribution in [0.2, 0.25) is 0 Å². The average molecular weight is 564 g/mol. The molecular weight excluding hydrogens is 529 g/mol. The maximum absolute atomic E-state index is 15.6. The summed E-state index contributed by atoms with van der Waals surface area (Å²) in [5, 5.41) is 0. The molecule has 212 valence electrons. The Morgan fingerprint density at radius 3 is 2.59 bits per heavy atom. The monoisotopic (exact) mass is 563 g/mol. The molecule has 0 unspecified atom stereocenters. The van der Waals surface area contributed by atoms with Crippen molar-refractivity contribution in [3.05, 3.63) is 39.4 Å². The highest BCUT2D eigenvalue weighted by atomic mass is 32.2. The lowest BCUT2D eigenvalue weighted by Crippen LogP contribution is -2.49. The number of H-pyrrole nitrogens is 1. The minimum Gasteiger partial charge on any atom is -0.492 e. The van der Waals surface area contributed by atoms with Gasteiger partial charge in [0.15, 0.2) is 0 Å². The van der Waals surface area contributed by atoms with Gasteiger partial charge < -0.3 is 19.4 Å². The number of hydrogen-bond donors (Lipinski definition) is 2. The van der Waals surface area contributed by atoms with Gasteiger partial charge in [-0.1, -0.05) is 0 Å². The van der Waals surface area contributed by atoms with Crippen molar-refractivity contribution in [2.45, 2.75) is 31.1 Å². The third-order valence-electron chi connectivity index (χ3n) is 7.91. The first kappa shape index (κ1) is 27.3. The van der Waals surface area contributed by atoms with Crippen LogP contribution in [-0.4, -0.2) is 89.6 Å². The van der Waals surface area contributed by atoms with Crippen molar-refractivity contribution >= 4 is 33.6 Å². The molecule has 1 aromatic heterocycles. The molecule has 5 rings (SSSR count). The first-order valence-corrected chi connectivity index (χ1v) is 14.4. The number of likely N-dealkylation sites (N-methyl/N-ethyl adjacent to an activating group) is 1. The van der Waals surface area contributed by atoms with E-state index >= 15 is 4.39 Å². The topological polar surface area (TPSA) is 131 Å². The lowest BCUT2D eigenvalue weighted by atomic mass is 9.73. The van der Waals surface area contributed by atoms with Gasteiger partial charge in [0.2, 0.25) is 11.9 Å². The number of rotatable bonds is 7. The van der Waals surface area contributed by atoms with Crippen molar-refractivity contribution in [3.63, 3.8) is 0 Å². The van der Waals surface area contributed by atoms with E-state index < -0.39 is 21.4 Å². The number of halogens is 1. The summed E-state index contributed by atoms with van der Waals surface area (Å²) in [6, 6.07) is 2.87. The standard InChI is InChI=1S/C25H34FN7O5S/c1-30(2)39(36,37)27-9-13-38-16-14-18(26)20-19(15-16)32(4)23(35)25(20)7-11-33(12-8-25)24-28-21-17(22(34)29-24)6-5-10-31(21)3/h14-15,27H,5-13H2,1-4H3,(H,28,29,34). The van der Waals surface area contributed by atoms with Gasteiger partial charge in [0.1, 0.15) is 24.0 Å². The van der Waals surface area contributed by atoms with E-state index in [0.717, 1.165) is 17.3 Å². The van der Waals surface area contributed by atoms with Crippen LogP contribution in [0.25, 0.3) is 0 Å². The van der Waals surface area contributed by atoms with E-state index in [1.54, 1.807) is 13.1 Å².